The molecule has 0 aliphatic carbocycles. The summed E-state index contributed by atoms with van der Waals surface area (Å²) < 4.78 is 15.5. The van der Waals surface area contributed by atoms with Gasteiger partial charge in [-0.25, -0.2) is 0 Å². The van der Waals surface area contributed by atoms with E-state index in [0.717, 1.165) is 11.3 Å². The molecule has 2 aliphatic heterocycles. The van der Waals surface area contributed by atoms with Gasteiger partial charge in [0.05, 0.1) is 19.4 Å². The van der Waals surface area contributed by atoms with Crippen LogP contribution in [0.5, 0.6) is 11.5 Å². The second-order valence-electron chi connectivity index (χ2n) is 5.87. The smallest absolute Gasteiger partial charge is 0.231 e. The molecule has 0 radical (unpaired) electrons. The summed E-state index contributed by atoms with van der Waals surface area (Å²) in [5, 5.41) is 0. The first-order chi connectivity index (χ1) is 11.7. The second kappa shape index (κ2) is 7.53. The van der Waals surface area contributed by atoms with Crippen molar-refractivity contribution >= 4 is 11.8 Å². The number of carbonyl (C=O) groups is 2. The number of rotatable bonds is 5. The molecule has 2 amide bonds. The number of methoxy groups -OCH3 is 1. The second-order valence-corrected chi connectivity index (χ2v) is 5.87. The normalized spacial score (nSPS) is 16.4. The minimum atomic E-state index is 0.0675. The minimum absolute atomic E-state index is 0.0675. The maximum Gasteiger partial charge on any atom is 0.231 e. The highest BCUT2D eigenvalue weighted by Gasteiger charge is 2.24. The summed E-state index contributed by atoms with van der Waals surface area (Å²) in [6.45, 7) is 2.96. The Balaban J connectivity index is 1.49. The van der Waals surface area contributed by atoms with Gasteiger partial charge in [0.1, 0.15) is 0 Å². The number of piperazine rings is 1. The van der Waals surface area contributed by atoms with Gasteiger partial charge >= 0.3 is 0 Å². The lowest BCUT2D eigenvalue weighted by Crippen LogP contribution is -2.51. The number of hydrogen-bond acceptors (Lipinski definition) is 5. The van der Waals surface area contributed by atoms with Crippen LogP contribution in [0.4, 0.5) is 0 Å². The van der Waals surface area contributed by atoms with Crippen molar-refractivity contribution in [2.24, 2.45) is 0 Å². The predicted octanol–water partition coefficient (Wildman–Crippen LogP) is 0.665. The number of benzene rings is 1. The first-order valence-electron chi connectivity index (χ1n) is 8.10. The van der Waals surface area contributed by atoms with Crippen molar-refractivity contribution < 1.29 is 23.8 Å². The van der Waals surface area contributed by atoms with Gasteiger partial charge in [0, 0.05) is 33.3 Å². The number of nitrogens with zero attached hydrogens (tertiary/aromatic N) is 2. The van der Waals surface area contributed by atoms with Crippen LogP contribution in [0, 0.1) is 0 Å². The van der Waals surface area contributed by atoms with Gasteiger partial charge in [0.25, 0.3) is 0 Å². The van der Waals surface area contributed by atoms with Crippen LogP contribution >= 0.6 is 0 Å². The molecular weight excluding hydrogens is 312 g/mol. The Morgan fingerprint density at radius 1 is 1.04 bits per heavy atom. The van der Waals surface area contributed by atoms with E-state index in [1.54, 1.807) is 12.0 Å². The zero-order chi connectivity index (χ0) is 16.9. The largest absolute Gasteiger partial charge is 0.454 e. The maximum atomic E-state index is 12.4. The van der Waals surface area contributed by atoms with Crippen molar-refractivity contribution in [1.29, 1.82) is 0 Å². The third kappa shape index (κ3) is 3.79. The monoisotopic (exact) mass is 334 g/mol. The molecule has 2 heterocycles. The van der Waals surface area contributed by atoms with E-state index in [4.69, 9.17) is 14.2 Å². The van der Waals surface area contributed by atoms with E-state index >= 15 is 0 Å². The Labute approximate surface area is 141 Å². The van der Waals surface area contributed by atoms with E-state index in [-0.39, 0.29) is 18.6 Å². The molecule has 1 aromatic carbocycles. The Morgan fingerprint density at radius 3 is 2.42 bits per heavy atom. The highest BCUT2D eigenvalue weighted by Crippen LogP contribution is 2.32. The zero-order valence-electron chi connectivity index (χ0n) is 13.8. The molecule has 0 unspecified atom stereocenters. The summed E-state index contributed by atoms with van der Waals surface area (Å²) in [4.78, 5) is 28.0. The van der Waals surface area contributed by atoms with E-state index in [2.05, 4.69) is 0 Å². The van der Waals surface area contributed by atoms with Crippen LogP contribution in [0.25, 0.3) is 0 Å². The molecule has 0 saturated carbocycles. The van der Waals surface area contributed by atoms with Crippen LogP contribution in [-0.4, -0.2) is 68.3 Å². The number of hydrogen-bond donors (Lipinski definition) is 0. The molecule has 130 valence electrons. The van der Waals surface area contributed by atoms with Crippen molar-refractivity contribution in [2.75, 3.05) is 46.7 Å². The van der Waals surface area contributed by atoms with Crippen LogP contribution in [0.15, 0.2) is 18.2 Å². The summed E-state index contributed by atoms with van der Waals surface area (Å²) in [5.74, 6) is 1.56. The number of fused-ring (bicyclic) bond motifs is 1. The molecule has 1 saturated heterocycles. The Hall–Kier alpha value is -2.28. The molecule has 1 fully saturated rings. The Morgan fingerprint density at radius 2 is 1.71 bits per heavy atom. The highest BCUT2D eigenvalue weighted by atomic mass is 16.7. The van der Waals surface area contributed by atoms with E-state index in [1.165, 1.54) is 0 Å². The van der Waals surface area contributed by atoms with Crippen molar-refractivity contribution in [3.63, 3.8) is 0 Å². The lowest BCUT2D eigenvalue weighted by Gasteiger charge is -2.35. The van der Waals surface area contributed by atoms with Crippen LogP contribution in [0.1, 0.15) is 12.0 Å². The fourth-order valence-corrected chi connectivity index (χ4v) is 2.89. The standard InChI is InChI=1S/C17H22N2O5/c1-22-9-4-16(20)18-5-7-19(8-6-18)17(21)11-13-2-3-14-15(10-13)24-12-23-14/h2-3,10H,4-9,11-12H2,1H3. The van der Waals surface area contributed by atoms with Crippen LogP contribution in [-0.2, 0) is 20.7 Å². The topological polar surface area (TPSA) is 68.3 Å². The first-order valence-corrected chi connectivity index (χ1v) is 8.10. The Bertz CT molecular complexity index is 611. The first kappa shape index (κ1) is 16.6. The summed E-state index contributed by atoms with van der Waals surface area (Å²) >= 11 is 0. The molecule has 1 aromatic rings. The number of ether oxygens (including phenoxy) is 3. The molecule has 0 bridgehead atoms. The third-order valence-corrected chi connectivity index (χ3v) is 4.30. The van der Waals surface area contributed by atoms with Gasteiger partial charge in [-0.15, -0.1) is 0 Å². The summed E-state index contributed by atoms with van der Waals surface area (Å²) in [6.07, 6.45) is 0.718. The summed E-state index contributed by atoms with van der Waals surface area (Å²) in [5.41, 5.74) is 0.905. The van der Waals surface area contributed by atoms with Crippen LogP contribution in [0.3, 0.4) is 0 Å². The molecule has 0 spiro atoms. The maximum absolute atomic E-state index is 12.4. The SMILES string of the molecule is COCCC(=O)N1CCN(C(=O)Cc2ccc3c(c2)OCO3)CC1. The van der Waals surface area contributed by atoms with E-state index < -0.39 is 0 Å². The van der Waals surface area contributed by atoms with E-state index in [0.29, 0.717) is 51.4 Å². The molecule has 0 atom stereocenters. The summed E-state index contributed by atoms with van der Waals surface area (Å²) in [6, 6.07) is 5.57. The van der Waals surface area contributed by atoms with Gasteiger partial charge in [-0.05, 0) is 17.7 Å². The predicted molar refractivity (Wildman–Crippen MR) is 85.9 cm³/mol. The molecule has 7 nitrogen and oxygen atoms in total. The molecule has 24 heavy (non-hydrogen) atoms. The van der Waals surface area contributed by atoms with E-state index in [1.807, 2.05) is 23.1 Å². The molecular formula is C17H22N2O5. The molecule has 0 aromatic heterocycles. The highest BCUT2D eigenvalue weighted by molar-refractivity contribution is 5.80. The van der Waals surface area contributed by atoms with Gasteiger partial charge in [-0.3, -0.25) is 9.59 Å². The van der Waals surface area contributed by atoms with Crippen molar-refractivity contribution in [1.82, 2.24) is 9.80 Å². The third-order valence-electron chi connectivity index (χ3n) is 4.30. The Kier molecular flexibility index (Phi) is 5.20. The van der Waals surface area contributed by atoms with Crippen molar-refractivity contribution in [2.45, 2.75) is 12.8 Å². The summed E-state index contributed by atoms with van der Waals surface area (Å²) in [7, 11) is 1.58. The molecule has 2 aliphatic rings. The number of amides is 2. The van der Waals surface area contributed by atoms with Gasteiger partial charge in [0.2, 0.25) is 18.6 Å². The van der Waals surface area contributed by atoms with Crippen LogP contribution < -0.4 is 9.47 Å². The van der Waals surface area contributed by atoms with Crippen molar-refractivity contribution in [3.8, 4) is 11.5 Å². The average molecular weight is 334 g/mol. The molecule has 7 heteroatoms. The zero-order valence-corrected chi connectivity index (χ0v) is 13.8. The molecule has 0 N–H and O–H groups in total. The van der Waals surface area contributed by atoms with Gasteiger partial charge in [-0.2, -0.15) is 0 Å². The lowest BCUT2D eigenvalue weighted by atomic mass is 10.1. The fraction of sp³-hybridized carbons (Fsp3) is 0.529. The fourth-order valence-electron chi connectivity index (χ4n) is 2.89. The average Bonchev–Trinajstić information content (AvgIpc) is 3.07. The van der Waals surface area contributed by atoms with Gasteiger partial charge < -0.3 is 24.0 Å². The van der Waals surface area contributed by atoms with Gasteiger partial charge in [-0.1, -0.05) is 6.07 Å². The number of carbonyl (C=O) groups excluding carboxylic acids is 2. The lowest BCUT2D eigenvalue weighted by molar-refractivity contribution is -0.139. The van der Waals surface area contributed by atoms with Crippen molar-refractivity contribution in [3.05, 3.63) is 23.8 Å². The van der Waals surface area contributed by atoms with Crippen LogP contribution in [0.2, 0.25) is 0 Å². The van der Waals surface area contributed by atoms with E-state index in [9.17, 15) is 9.59 Å². The van der Waals surface area contributed by atoms with Gasteiger partial charge in [0.15, 0.2) is 11.5 Å². The molecule has 3 rings (SSSR count). The minimum Gasteiger partial charge on any atom is -0.454 e. The quantitative estimate of drug-likeness (QED) is 0.791.